The minimum Gasteiger partial charge on any atom is -0.468 e. The summed E-state index contributed by atoms with van der Waals surface area (Å²) in [5.41, 5.74) is 7.49. The number of nitrogens with two attached hydrogens (primary N) is 1. The van der Waals surface area contributed by atoms with Gasteiger partial charge < -0.3 is 20.3 Å². The van der Waals surface area contributed by atoms with Gasteiger partial charge in [0.2, 0.25) is 0 Å². The van der Waals surface area contributed by atoms with Gasteiger partial charge in [-0.2, -0.15) is 0 Å². The molecule has 0 aliphatic carbocycles. The third-order valence-corrected chi connectivity index (χ3v) is 2.95. The Bertz CT molecular complexity index is 500. The fourth-order valence-corrected chi connectivity index (χ4v) is 1.83. The van der Waals surface area contributed by atoms with E-state index in [2.05, 4.69) is 4.74 Å². The monoisotopic (exact) mass is 279 g/mol. The van der Waals surface area contributed by atoms with Crippen LogP contribution < -0.4 is 10.6 Å². The number of ether oxygens (including phenoxy) is 1. The van der Waals surface area contributed by atoms with Gasteiger partial charge in [0.05, 0.1) is 12.7 Å². The van der Waals surface area contributed by atoms with Crippen LogP contribution in [0.15, 0.2) is 18.2 Å². The molecule has 20 heavy (non-hydrogen) atoms. The van der Waals surface area contributed by atoms with Crippen LogP contribution in [-0.4, -0.2) is 51.1 Å². The average Bonchev–Trinajstić information content (AvgIpc) is 2.43. The summed E-state index contributed by atoms with van der Waals surface area (Å²) in [5.74, 6) is -0.690. The summed E-state index contributed by atoms with van der Waals surface area (Å²) in [4.78, 5) is 27.1. The second kappa shape index (κ2) is 6.79. The number of anilines is 2. The normalized spacial score (nSPS) is 10.0. The van der Waals surface area contributed by atoms with Crippen LogP contribution in [0.25, 0.3) is 0 Å². The van der Waals surface area contributed by atoms with Crippen LogP contribution in [0.1, 0.15) is 17.3 Å². The van der Waals surface area contributed by atoms with Crippen molar-refractivity contribution in [2.75, 3.05) is 44.9 Å². The quantitative estimate of drug-likeness (QED) is 0.642. The number of carbonyl (C=O) groups is 2. The molecule has 0 atom stereocenters. The van der Waals surface area contributed by atoms with Crippen LogP contribution in [0, 0.1) is 0 Å². The van der Waals surface area contributed by atoms with Crippen molar-refractivity contribution in [2.24, 2.45) is 0 Å². The van der Waals surface area contributed by atoms with E-state index in [1.807, 2.05) is 25.9 Å². The molecule has 1 rings (SSSR count). The Morgan fingerprint density at radius 2 is 1.95 bits per heavy atom. The number of hydrogen-bond acceptors (Lipinski definition) is 5. The van der Waals surface area contributed by atoms with Crippen molar-refractivity contribution < 1.29 is 14.3 Å². The van der Waals surface area contributed by atoms with E-state index in [1.54, 1.807) is 18.2 Å². The van der Waals surface area contributed by atoms with Crippen molar-refractivity contribution in [1.29, 1.82) is 0 Å². The number of methoxy groups -OCH3 is 1. The summed E-state index contributed by atoms with van der Waals surface area (Å²) < 4.78 is 4.60. The summed E-state index contributed by atoms with van der Waals surface area (Å²) in [6.07, 6.45) is 0. The third-order valence-electron chi connectivity index (χ3n) is 2.95. The summed E-state index contributed by atoms with van der Waals surface area (Å²) in [6, 6.07) is 5.15. The molecular weight excluding hydrogens is 258 g/mol. The summed E-state index contributed by atoms with van der Waals surface area (Å²) in [7, 11) is 4.99. The number of carbonyl (C=O) groups excluding carboxylic acids is 2. The smallest absolute Gasteiger partial charge is 0.325 e. The number of benzene rings is 1. The lowest BCUT2D eigenvalue weighted by Crippen LogP contribution is -2.36. The molecule has 0 aliphatic rings. The number of hydrogen-bond donors (Lipinski definition) is 1. The zero-order valence-corrected chi connectivity index (χ0v) is 12.3. The van der Waals surface area contributed by atoms with Crippen LogP contribution in [0.3, 0.4) is 0 Å². The van der Waals surface area contributed by atoms with Crippen molar-refractivity contribution >= 4 is 23.3 Å². The predicted molar refractivity (Wildman–Crippen MR) is 78.8 cm³/mol. The molecule has 0 aromatic heterocycles. The number of nitrogen functional groups attached to an aromatic ring is 1. The highest BCUT2D eigenvalue weighted by molar-refractivity contribution is 6.01. The van der Waals surface area contributed by atoms with Crippen LogP contribution >= 0.6 is 0 Å². The highest BCUT2D eigenvalue weighted by Gasteiger charge is 2.21. The van der Waals surface area contributed by atoms with Gasteiger partial charge in [-0.15, -0.1) is 0 Å². The number of likely N-dealkylation sites (N-methyl/N-ethyl adjacent to an activating group) is 1. The first-order chi connectivity index (χ1) is 9.40. The van der Waals surface area contributed by atoms with Crippen LogP contribution in [0.5, 0.6) is 0 Å². The van der Waals surface area contributed by atoms with Gasteiger partial charge in [-0.1, -0.05) is 0 Å². The molecule has 1 aromatic carbocycles. The SMILES string of the molecule is CCN(CC(=O)OC)C(=O)c1cc(N)ccc1N(C)C. The van der Waals surface area contributed by atoms with E-state index < -0.39 is 5.97 Å². The molecule has 0 unspecified atom stereocenters. The topological polar surface area (TPSA) is 75.9 Å². The molecule has 6 nitrogen and oxygen atoms in total. The van der Waals surface area contributed by atoms with Gasteiger partial charge in [0.25, 0.3) is 5.91 Å². The lowest BCUT2D eigenvalue weighted by Gasteiger charge is -2.23. The van der Waals surface area contributed by atoms with Crippen molar-refractivity contribution in [3.8, 4) is 0 Å². The Morgan fingerprint density at radius 3 is 2.45 bits per heavy atom. The number of amides is 1. The summed E-state index contributed by atoms with van der Waals surface area (Å²) in [5, 5.41) is 0. The lowest BCUT2D eigenvalue weighted by atomic mass is 10.1. The highest BCUT2D eigenvalue weighted by atomic mass is 16.5. The predicted octanol–water partition coefficient (Wildman–Crippen LogP) is 0.970. The zero-order chi connectivity index (χ0) is 15.3. The molecule has 0 fully saturated rings. The van der Waals surface area contributed by atoms with Gasteiger partial charge in [-0.3, -0.25) is 9.59 Å². The van der Waals surface area contributed by atoms with Crippen LogP contribution in [-0.2, 0) is 9.53 Å². The number of nitrogens with zero attached hydrogens (tertiary/aromatic N) is 2. The molecule has 6 heteroatoms. The fraction of sp³-hybridized carbons (Fsp3) is 0.429. The molecule has 1 amide bonds. The molecule has 1 aromatic rings. The molecule has 0 saturated carbocycles. The summed E-state index contributed by atoms with van der Waals surface area (Å²) in [6.45, 7) is 2.14. The van der Waals surface area contributed by atoms with Crippen LogP contribution in [0.2, 0.25) is 0 Å². The van der Waals surface area contributed by atoms with Crippen molar-refractivity contribution in [1.82, 2.24) is 4.90 Å². The second-order valence-corrected chi connectivity index (χ2v) is 4.57. The molecule has 0 saturated heterocycles. The van der Waals surface area contributed by atoms with Gasteiger partial charge in [-0.25, -0.2) is 0 Å². The van der Waals surface area contributed by atoms with E-state index in [4.69, 9.17) is 5.73 Å². The molecule has 110 valence electrons. The Hall–Kier alpha value is -2.24. The lowest BCUT2D eigenvalue weighted by molar-refractivity contribution is -0.141. The fourth-order valence-electron chi connectivity index (χ4n) is 1.83. The first-order valence-corrected chi connectivity index (χ1v) is 6.33. The number of esters is 1. The van der Waals surface area contributed by atoms with Gasteiger partial charge in [0.1, 0.15) is 6.54 Å². The Morgan fingerprint density at radius 1 is 1.30 bits per heavy atom. The Labute approximate surface area is 119 Å². The first kappa shape index (κ1) is 15.8. The van der Waals surface area contributed by atoms with Crippen molar-refractivity contribution in [2.45, 2.75) is 6.92 Å². The van der Waals surface area contributed by atoms with Crippen molar-refractivity contribution in [3.05, 3.63) is 23.8 Å². The molecule has 0 aliphatic heterocycles. The Kier molecular flexibility index (Phi) is 5.37. The molecule has 2 N–H and O–H groups in total. The third kappa shape index (κ3) is 3.63. The van der Waals surface area contributed by atoms with Gasteiger partial charge >= 0.3 is 5.97 Å². The van der Waals surface area contributed by atoms with E-state index in [1.165, 1.54) is 12.0 Å². The van der Waals surface area contributed by atoms with Gasteiger partial charge in [-0.05, 0) is 25.1 Å². The zero-order valence-electron chi connectivity index (χ0n) is 12.3. The van der Waals surface area contributed by atoms with E-state index >= 15 is 0 Å². The van der Waals surface area contributed by atoms with E-state index in [9.17, 15) is 9.59 Å². The van der Waals surface area contributed by atoms with Crippen LogP contribution in [0.4, 0.5) is 11.4 Å². The first-order valence-electron chi connectivity index (χ1n) is 6.33. The molecule has 0 bridgehead atoms. The Balaban J connectivity index is 3.11. The second-order valence-electron chi connectivity index (χ2n) is 4.57. The largest absolute Gasteiger partial charge is 0.468 e. The minimum atomic E-state index is -0.449. The molecule has 0 spiro atoms. The maximum absolute atomic E-state index is 12.5. The maximum Gasteiger partial charge on any atom is 0.325 e. The average molecular weight is 279 g/mol. The molecule has 0 radical (unpaired) electrons. The van der Waals surface area contributed by atoms with E-state index in [-0.39, 0.29) is 12.5 Å². The van der Waals surface area contributed by atoms with Crippen molar-refractivity contribution in [3.63, 3.8) is 0 Å². The molecular formula is C14H21N3O3. The van der Waals surface area contributed by atoms with Gasteiger partial charge in [0, 0.05) is 32.0 Å². The maximum atomic E-state index is 12.5. The van der Waals surface area contributed by atoms with E-state index in [0.29, 0.717) is 17.8 Å². The van der Waals surface area contributed by atoms with Gasteiger partial charge in [0.15, 0.2) is 0 Å². The minimum absolute atomic E-state index is 0.0759. The standard InChI is InChI=1S/C14H21N3O3/c1-5-17(9-13(18)20-4)14(19)11-8-10(15)6-7-12(11)16(2)3/h6-8H,5,9,15H2,1-4H3. The van der Waals surface area contributed by atoms with E-state index in [0.717, 1.165) is 5.69 Å². The highest BCUT2D eigenvalue weighted by Crippen LogP contribution is 2.23. The summed E-state index contributed by atoms with van der Waals surface area (Å²) >= 11 is 0. The molecule has 0 heterocycles. The number of rotatable bonds is 5.